The van der Waals surface area contributed by atoms with E-state index < -0.39 is 0 Å². The SMILES string of the molecule is COC(=O)[C@@H]1Cc2c([nH]c3ccccc23)[C@@H](C2CCCC2)N1CC1CCCC1. The summed E-state index contributed by atoms with van der Waals surface area (Å²) in [5.74, 6) is 1.31. The van der Waals surface area contributed by atoms with Crippen molar-refractivity contribution in [1.82, 2.24) is 9.88 Å². The zero-order valence-corrected chi connectivity index (χ0v) is 17.0. The number of carbonyl (C=O) groups excluding carboxylic acids is 1. The second-order valence-electron chi connectivity index (χ2n) is 9.14. The first-order chi connectivity index (χ1) is 13.8. The van der Waals surface area contributed by atoms with Gasteiger partial charge in [-0.1, -0.05) is 43.9 Å². The molecule has 1 N–H and O–H groups in total. The summed E-state index contributed by atoms with van der Waals surface area (Å²) in [5.41, 5.74) is 3.94. The third-order valence-electron chi connectivity index (χ3n) is 7.56. The van der Waals surface area contributed by atoms with Gasteiger partial charge < -0.3 is 9.72 Å². The summed E-state index contributed by atoms with van der Waals surface area (Å²) in [4.78, 5) is 19.2. The van der Waals surface area contributed by atoms with Gasteiger partial charge in [-0.15, -0.1) is 0 Å². The Labute approximate surface area is 167 Å². The number of hydrogen-bond donors (Lipinski definition) is 1. The number of benzene rings is 1. The third-order valence-corrected chi connectivity index (χ3v) is 7.56. The highest BCUT2D eigenvalue weighted by Gasteiger charge is 2.45. The maximum atomic E-state index is 12.9. The monoisotopic (exact) mass is 380 g/mol. The number of H-pyrrole nitrogens is 1. The van der Waals surface area contributed by atoms with E-state index in [-0.39, 0.29) is 12.0 Å². The normalized spacial score (nSPS) is 26.8. The Morgan fingerprint density at radius 2 is 1.82 bits per heavy atom. The van der Waals surface area contributed by atoms with Crippen LogP contribution in [0.1, 0.15) is 68.7 Å². The second kappa shape index (κ2) is 7.55. The molecule has 0 radical (unpaired) electrons. The fourth-order valence-corrected chi connectivity index (χ4v) is 6.23. The number of para-hydroxylation sites is 1. The van der Waals surface area contributed by atoms with Gasteiger partial charge in [-0.25, -0.2) is 0 Å². The largest absolute Gasteiger partial charge is 0.468 e. The predicted octanol–water partition coefficient (Wildman–Crippen LogP) is 4.99. The number of carbonyl (C=O) groups is 1. The van der Waals surface area contributed by atoms with Crippen LogP contribution in [-0.4, -0.2) is 35.5 Å². The Morgan fingerprint density at radius 1 is 1.11 bits per heavy atom. The lowest BCUT2D eigenvalue weighted by atomic mass is 9.83. The number of ether oxygens (including phenoxy) is 1. The number of nitrogens with one attached hydrogen (secondary N) is 1. The molecule has 150 valence electrons. The van der Waals surface area contributed by atoms with Gasteiger partial charge in [-0.3, -0.25) is 9.69 Å². The molecule has 2 atom stereocenters. The molecule has 1 aromatic heterocycles. The zero-order chi connectivity index (χ0) is 19.1. The summed E-state index contributed by atoms with van der Waals surface area (Å²) in [6.45, 7) is 1.04. The Bertz CT molecular complexity index is 845. The molecular formula is C24H32N2O2. The van der Waals surface area contributed by atoms with Crippen molar-refractivity contribution in [2.75, 3.05) is 13.7 Å². The number of aromatic amines is 1. The minimum Gasteiger partial charge on any atom is -0.468 e. The molecule has 0 spiro atoms. The van der Waals surface area contributed by atoms with Crippen LogP contribution in [-0.2, 0) is 16.0 Å². The quantitative estimate of drug-likeness (QED) is 0.760. The first-order valence-electron chi connectivity index (χ1n) is 11.2. The molecule has 2 saturated carbocycles. The standard InChI is InChI=1S/C24H32N2O2/c1-28-24(27)21-14-19-18-12-6-7-13-20(18)25-22(19)23(17-10-4-5-11-17)26(21)15-16-8-2-3-9-16/h6-7,12-13,16-17,21,23,25H,2-5,8-11,14-15H2,1H3/t21-,23+/m0/s1. The average molecular weight is 381 g/mol. The number of methoxy groups -OCH3 is 1. The van der Waals surface area contributed by atoms with E-state index in [0.717, 1.165) is 18.9 Å². The number of hydrogen-bond acceptors (Lipinski definition) is 3. The highest BCUT2D eigenvalue weighted by molar-refractivity contribution is 5.87. The first-order valence-corrected chi connectivity index (χ1v) is 11.2. The molecular weight excluding hydrogens is 348 g/mol. The number of nitrogens with zero attached hydrogens (tertiary/aromatic N) is 1. The third kappa shape index (κ3) is 3.06. The topological polar surface area (TPSA) is 45.3 Å². The molecule has 2 heterocycles. The molecule has 2 aliphatic carbocycles. The van der Waals surface area contributed by atoms with Gasteiger partial charge in [0, 0.05) is 29.6 Å². The molecule has 1 aromatic carbocycles. The van der Waals surface area contributed by atoms with Crippen LogP contribution in [0.15, 0.2) is 24.3 Å². The van der Waals surface area contributed by atoms with Gasteiger partial charge in [0.05, 0.1) is 13.2 Å². The molecule has 2 fully saturated rings. The van der Waals surface area contributed by atoms with E-state index in [9.17, 15) is 4.79 Å². The Kier molecular flexibility index (Phi) is 4.92. The van der Waals surface area contributed by atoms with Crippen LogP contribution in [0.25, 0.3) is 10.9 Å². The van der Waals surface area contributed by atoms with Crippen molar-refractivity contribution in [3.63, 3.8) is 0 Å². The summed E-state index contributed by atoms with van der Waals surface area (Å²) in [7, 11) is 1.55. The zero-order valence-electron chi connectivity index (χ0n) is 17.0. The average Bonchev–Trinajstić information content (AvgIpc) is 3.47. The van der Waals surface area contributed by atoms with Crippen molar-refractivity contribution < 1.29 is 9.53 Å². The van der Waals surface area contributed by atoms with Gasteiger partial charge in [-0.05, 0) is 49.1 Å². The van der Waals surface area contributed by atoms with Gasteiger partial charge in [0.15, 0.2) is 0 Å². The molecule has 4 nitrogen and oxygen atoms in total. The van der Waals surface area contributed by atoms with Crippen molar-refractivity contribution in [2.45, 2.75) is 69.9 Å². The summed E-state index contributed by atoms with van der Waals surface area (Å²) in [6, 6.07) is 8.76. The van der Waals surface area contributed by atoms with E-state index >= 15 is 0 Å². The first kappa shape index (κ1) is 18.2. The number of rotatable bonds is 4. The summed E-state index contributed by atoms with van der Waals surface area (Å²) in [5, 5.41) is 1.29. The maximum Gasteiger partial charge on any atom is 0.323 e. The lowest BCUT2D eigenvalue weighted by Crippen LogP contribution is -2.51. The summed E-state index contributed by atoms with van der Waals surface area (Å²) >= 11 is 0. The molecule has 0 unspecified atom stereocenters. The molecule has 2 aromatic rings. The lowest BCUT2D eigenvalue weighted by Gasteiger charge is -2.44. The molecule has 0 amide bonds. The predicted molar refractivity (Wildman–Crippen MR) is 111 cm³/mol. The second-order valence-corrected chi connectivity index (χ2v) is 9.14. The maximum absolute atomic E-state index is 12.9. The molecule has 1 aliphatic heterocycles. The van der Waals surface area contributed by atoms with Crippen molar-refractivity contribution in [3.8, 4) is 0 Å². The molecule has 0 saturated heterocycles. The van der Waals surface area contributed by atoms with Crippen LogP contribution < -0.4 is 0 Å². The van der Waals surface area contributed by atoms with Crippen LogP contribution >= 0.6 is 0 Å². The number of aromatic nitrogens is 1. The molecule has 5 rings (SSSR count). The van der Waals surface area contributed by atoms with Crippen LogP contribution in [0.5, 0.6) is 0 Å². The molecule has 0 bridgehead atoms. The van der Waals surface area contributed by atoms with E-state index in [4.69, 9.17) is 4.74 Å². The molecule has 28 heavy (non-hydrogen) atoms. The van der Waals surface area contributed by atoms with Crippen molar-refractivity contribution in [1.29, 1.82) is 0 Å². The van der Waals surface area contributed by atoms with Crippen LogP contribution in [0.2, 0.25) is 0 Å². The fourth-order valence-electron chi connectivity index (χ4n) is 6.23. The minimum atomic E-state index is -0.150. The van der Waals surface area contributed by atoms with E-state index in [2.05, 4.69) is 34.1 Å². The fraction of sp³-hybridized carbons (Fsp3) is 0.625. The Balaban J connectivity index is 1.61. The van der Waals surface area contributed by atoms with Crippen molar-refractivity contribution >= 4 is 16.9 Å². The van der Waals surface area contributed by atoms with E-state index in [1.165, 1.54) is 73.5 Å². The molecule has 3 aliphatic rings. The highest BCUT2D eigenvalue weighted by Crippen LogP contribution is 2.47. The molecule has 4 heteroatoms. The Hall–Kier alpha value is -1.81. The van der Waals surface area contributed by atoms with Crippen molar-refractivity contribution in [2.24, 2.45) is 11.8 Å². The number of fused-ring (bicyclic) bond motifs is 3. The minimum absolute atomic E-state index is 0.0584. The van der Waals surface area contributed by atoms with Gasteiger partial charge in [-0.2, -0.15) is 0 Å². The van der Waals surface area contributed by atoms with Crippen LogP contribution in [0, 0.1) is 11.8 Å². The summed E-state index contributed by atoms with van der Waals surface area (Å²) in [6.07, 6.45) is 11.2. The van der Waals surface area contributed by atoms with Gasteiger partial charge >= 0.3 is 5.97 Å². The van der Waals surface area contributed by atoms with Gasteiger partial charge in [0.1, 0.15) is 6.04 Å². The van der Waals surface area contributed by atoms with Gasteiger partial charge in [0.2, 0.25) is 0 Å². The van der Waals surface area contributed by atoms with Crippen LogP contribution in [0.4, 0.5) is 0 Å². The highest BCUT2D eigenvalue weighted by atomic mass is 16.5. The van der Waals surface area contributed by atoms with Crippen molar-refractivity contribution in [3.05, 3.63) is 35.5 Å². The van der Waals surface area contributed by atoms with E-state index in [1.54, 1.807) is 7.11 Å². The summed E-state index contributed by atoms with van der Waals surface area (Å²) < 4.78 is 5.31. The lowest BCUT2D eigenvalue weighted by molar-refractivity contribution is -0.149. The smallest absolute Gasteiger partial charge is 0.323 e. The van der Waals surface area contributed by atoms with E-state index in [0.29, 0.717) is 12.0 Å². The van der Waals surface area contributed by atoms with E-state index in [1.807, 2.05) is 0 Å². The van der Waals surface area contributed by atoms with Gasteiger partial charge in [0.25, 0.3) is 0 Å². The van der Waals surface area contributed by atoms with Crippen LogP contribution in [0.3, 0.4) is 0 Å². The Morgan fingerprint density at radius 3 is 2.57 bits per heavy atom. The number of esters is 1.